The van der Waals surface area contributed by atoms with Crippen molar-refractivity contribution in [3.63, 3.8) is 0 Å². The highest BCUT2D eigenvalue weighted by molar-refractivity contribution is 7.91. The van der Waals surface area contributed by atoms with Gasteiger partial charge in [0.25, 0.3) is 20.2 Å². The Balaban J connectivity index is 1.53. The molecule has 0 saturated carbocycles. The van der Waals surface area contributed by atoms with E-state index in [2.05, 4.69) is 31.0 Å². The maximum Gasteiger partial charge on any atom is 0.296 e. The number of ketones is 1. The number of hydrazone groups is 1. The van der Waals surface area contributed by atoms with Crippen LogP contribution in [0.15, 0.2) is 114 Å². The molecule has 0 radical (unpaired) electrons. The second kappa shape index (κ2) is 12.3. The molecule has 0 amide bonds. The monoisotopic (exact) mass is 661 g/mol. The second-order valence-corrected chi connectivity index (χ2v) is 12.3. The highest BCUT2D eigenvalue weighted by atomic mass is 32.2. The SMILES string of the molecule is Nc1ccc(N=Nc2ccc(N=Nc3c(S(=O)(=O)O)cc4c(c3N)C(=O)C(=NNc3ccccc3)C(S(=O)(=O)O)=C4)cc2)c(N)c1. The molecule has 9 N–H and O–H groups in total. The first-order valence-electron chi connectivity index (χ1n) is 12.9. The first-order valence-corrected chi connectivity index (χ1v) is 15.8. The molecule has 0 unspecified atom stereocenters. The fraction of sp³-hybridized carbons (Fsp3) is 0. The van der Waals surface area contributed by atoms with E-state index < -0.39 is 52.9 Å². The third-order valence-electron chi connectivity index (χ3n) is 6.36. The number of fused-ring (bicyclic) bond motifs is 1. The molecule has 0 fully saturated rings. The summed E-state index contributed by atoms with van der Waals surface area (Å²) in [5.41, 5.74) is 19.9. The quantitative estimate of drug-likeness (QED) is 0.0601. The van der Waals surface area contributed by atoms with Crippen LogP contribution in [0.1, 0.15) is 15.9 Å². The van der Waals surface area contributed by atoms with Crippen molar-refractivity contribution in [2.24, 2.45) is 25.6 Å². The van der Waals surface area contributed by atoms with E-state index in [0.29, 0.717) is 28.4 Å². The number of anilines is 4. The first kappa shape index (κ1) is 31.6. The largest absolute Gasteiger partial charge is 0.399 e. The number of carbonyl (C=O) groups is 1. The molecule has 0 aromatic heterocycles. The van der Waals surface area contributed by atoms with Gasteiger partial charge in [-0.15, -0.1) is 10.2 Å². The topological polar surface area (TPSA) is 278 Å². The number of nitrogens with zero attached hydrogens (tertiary/aromatic N) is 5. The summed E-state index contributed by atoms with van der Waals surface area (Å²) in [6, 6.07) is 19.7. The Morgan fingerprint density at radius 1 is 0.717 bits per heavy atom. The summed E-state index contributed by atoms with van der Waals surface area (Å²) in [6.07, 6.45) is 0.800. The molecular weight excluding hydrogens is 638 g/mol. The molecule has 0 aliphatic heterocycles. The molecule has 234 valence electrons. The lowest BCUT2D eigenvalue weighted by atomic mass is 9.92. The van der Waals surface area contributed by atoms with Gasteiger partial charge in [-0.3, -0.25) is 19.3 Å². The van der Waals surface area contributed by atoms with Gasteiger partial charge in [-0.1, -0.05) is 18.2 Å². The molecule has 16 nitrogen and oxygen atoms in total. The van der Waals surface area contributed by atoms with E-state index in [1.807, 2.05) is 0 Å². The Hall–Kier alpha value is -5.82. The van der Waals surface area contributed by atoms with Crippen molar-refractivity contribution in [2.75, 3.05) is 22.6 Å². The van der Waals surface area contributed by atoms with Gasteiger partial charge < -0.3 is 17.2 Å². The number of allylic oxidation sites excluding steroid dienone is 1. The van der Waals surface area contributed by atoms with Gasteiger partial charge >= 0.3 is 0 Å². The van der Waals surface area contributed by atoms with Crippen molar-refractivity contribution in [1.29, 1.82) is 0 Å². The standard InChI is InChI=1S/C28H23N9O7S2/c29-16-6-11-21(20(30)14-16)35-32-18-7-9-19(10-8-18)34-36-26-22(45(39,40)41)12-15-13-23(46(42,43)44)27(28(38)24(15)25(26)31)37-33-17-4-2-1-3-5-17/h1-14,33H,29-31H2,(H,39,40,41)(H,42,43,44). The molecule has 1 aliphatic carbocycles. The molecule has 0 saturated heterocycles. The minimum atomic E-state index is -5.05. The lowest BCUT2D eigenvalue weighted by molar-refractivity contribution is 0.106. The highest BCUT2D eigenvalue weighted by Crippen LogP contribution is 2.41. The summed E-state index contributed by atoms with van der Waals surface area (Å²) in [7, 11) is -10.1. The van der Waals surface area contributed by atoms with E-state index in [1.54, 1.807) is 42.5 Å². The number of carbonyl (C=O) groups excluding carboxylic acids is 1. The number of azo groups is 2. The van der Waals surface area contributed by atoms with Gasteiger partial charge in [0, 0.05) is 5.69 Å². The molecule has 5 rings (SSSR count). The number of nitrogen functional groups attached to an aromatic ring is 3. The lowest BCUT2D eigenvalue weighted by Gasteiger charge is -2.20. The van der Waals surface area contributed by atoms with Gasteiger partial charge in [0.1, 0.15) is 21.2 Å². The summed E-state index contributed by atoms with van der Waals surface area (Å²) in [5, 5.41) is 19.9. The number of nitrogens with two attached hydrogens (primary N) is 3. The first-order chi connectivity index (χ1) is 21.7. The lowest BCUT2D eigenvalue weighted by Crippen LogP contribution is -2.28. The number of Topliss-reactive ketones (excluding diaryl/α,β-unsaturated/α-hetero) is 1. The smallest absolute Gasteiger partial charge is 0.296 e. The van der Waals surface area contributed by atoms with Crippen LogP contribution in [-0.4, -0.2) is 37.4 Å². The Morgan fingerprint density at radius 2 is 1.35 bits per heavy atom. The number of para-hydroxylation sites is 1. The van der Waals surface area contributed by atoms with Gasteiger partial charge in [0.05, 0.1) is 34.0 Å². The molecule has 18 heteroatoms. The van der Waals surface area contributed by atoms with Crippen LogP contribution in [0.3, 0.4) is 0 Å². The Labute approximate surface area is 261 Å². The molecular formula is C28H23N9O7S2. The van der Waals surface area contributed by atoms with Crippen LogP contribution < -0.4 is 22.6 Å². The van der Waals surface area contributed by atoms with Crippen LogP contribution in [0.2, 0.25) is 0 Å². The fourth-order valence-corrected chi connectivity index (χ4v) is 5.53. The third-order valence-corrected chi connectivity index (χ3v) is 8.10. The van der Waals surface area contributed by atoms with E-state index in [4.69, 9.17) is 17.2 Å². The summed E-state index contributed by atoms with van der Waals surface area (Å²) in [6.45, 7) is 0. The Kier molecular flexibility index (Phi) is 8.44. The van der Waals surface area contributed by atoms with Crippen molar-refractivity contribution in [3.8, 4) is 0 Å². The van der Waals surface area contributed by atoms with Crippen LogP contribution >= 0.6 is 0 Å². The summed E-state index contributed by atoms with van der Waals surface area (Å²) in [5.74, 6) is -1.08. The second-order valence-electron chi connectivity index (χ2n) is 9.56. The molecule has 46 heavy (non-hydrogen) atoms. The summed E-state index contributed by atoms with van der Waals surface area (Å²) < 4.78 is 68.8. The predicted molar refractivity (Wildman–Crippen MR) is 172 cm³/mol. The van der Waals surface area contributed by atoms with E-state index in [0.717, 1.165) is 12.1 Å². The van der Waals surface area contributed by atoms with Crippen LogP contribution in [0.5, 0.6) is 0 Å². The van der Waals surface area contributed by atoms with Crippen LogP contribution in [0.4, 0.5) is 45.5 Å². The van der Waals surface area contributed by atoms with Gasteiger partial charge in [-0.25, -0.2) is 0 Å². The zero-order chi connectivity index (χ0) is 33.2. The number of rotatable bonds is 8. The number of benzene rings is 4. The molecule has 1 aliphatic rings. The Bertz CT molecular complexity index is 2220. The molecule has 0 atom stereocenters. The third kappa shape index (κ3) is 6.79. The van der Waals surface area contributed by atoms with Gasteiger partial charge in [-0.05, 0) is 72.3 Å². The molecule has 4 aromatic rings. The summed E-state index contributed by atoms with van der Waals surface area (Å²) in [4.78, 5) is 11.8. The number of hydrogen-bond acceptors (Lipinski definition) is 14. The zero-order valence-electron chi connectivity index (χ0n) is 23.3. The maximum absolute atomic E-state index is 13.6. The highest BCUT2D eigenvalue weighted by Gasteiger charge is 2.37. The minimum absolute atomic E-state index is 0.193. The normalized spacial score (nSPS) is 14.5. The van der Waals surface area contributed by atoms with Gasteiger partial charge in [-0.2, -0.15) is 32.2 Å². The van der Waals surface area contributed by atoms with Crippen molar-refractivity contribution in [3.05, 3.63) is 94.9 Å². The molecule has 0 bridgehead atoms. The fourth-order valence-electron chi connectivity index (χ4n) is 4.20. The molecule has 0 spiro atoms. The number of nitrogens with one attached hydrogen (secondary N) is 1. The van der Waals surface area contributed by atoms with Crippen LogP contribution in [0, 0.1) is 0 Å². The van der Waals surface area contributed by atoms with E-state index in [9.17, 15) is 30.7 Å². The van der Waals surface area contributed by atoms with Gasteiger partial charge in [0.15, 0.2) is 5.71 Å². The van der Waals surface area contributed by atoms with Crippen molar-refractivity contribution >= 4 is 83.3 Å². The molecule has 4 aromatic carbocycles. The van der Waals surface area contributed by atoms with E-state index in [1.165, 1.54) is 30.3 Å². The zero-order valence-corrected chi connectivity index (χ0v) is 24.9. The average molecular weight is 662 g/mol. The van der Waals surface area contributed by atoms with Crippen molar-refractivity contribution < 1.29 is 30.7 Å². The van der Waals surface area contributed by atoms with Crippen molar-refractivity contribution in [2.45, 2.75) is 4.90 Å². The van der Waals surface area contributed by atoms with Gasteiger partial charge in [0.2, 0.25) is 5.78 Å². The van der Waals surface area contributed by atoms with Crippen LogP contribution in [0.25, 0.3) is 6.08 Å². The van der Waals surface area contributed by atoms with E-state index >= 15 is 0 Å². The van der Waals surface area contributed by atoms with Crippen LogP contribution in [-0.2, 0) is 20.2 Å². The predicted octanol–water partition coefficient (Wildman–Crippen LogP) is 5.40. The minimum Gasteiger partial charge on any atom is -0.399 e. The maximum atomic E-state index is 13.6. The molecule has 0 heterocycles. The average Bonchev–Trinajstić information content (AvgIpc) is 2.99. The van der Waals surface area contributed by atoms with E-state index in [-0.39, 0.29) is 16.8 Å². The summed E-state index contributed by atoms with van der Waals surface area (Å²) >= 11 is 0. The van der Waals surface area contributed by atoms with Crippen molar-refractivity contribution in [1.82, 2.24) is 0 Å². The Morgan fingerprint density at radius 3 is 1.93 bits per heavy atom. The number of hydrogen-bond donors (Lipinski definition) is 6.